The van der Waals surface area contributed by atoms with Gasteiger partial charge in [0.25, 0.3) is 0 Å². The van der Waals surface area contributed by atoms with Crippen LogP contribution in [0.2, 0.25) is 0 Å². The number of furan rings is 1. The summed E-state index contributed by atoms with van der Waals surface area (Å²) in [6.07, 6.45) is 0. The summed E-state index contributed by atoms with van der Waals surface area (Å²) in [5.41, 5.74) is 15.0. The van der Waals surface area contributed by atoms with E-state index in [0.717, 1.165) is 55.3 Å². The van der Waals surface area contributed by atoms with Crippen LogP contribution in [0.3, 0.4) is 0 Å². The van der Waals surface area contributed by atoms with Gasteiger partial charge in [-0.05, 0) is 86.1 Å². The molecule has 2 nitrogen and oxygen atoms in total. The summed E-state index contributed by atoms with van der Waals surface area (Å²) in [6.45, 7) is 4.71. The standard InChI is InChI=1S/C53H37NO/c1-53(2)46-24-14-13-21-41(46)42-28-27-39(32-47(42)53)54(38-26-25-34-15-9-10-20-37(34)31-38)48-33-45-51-49(55-52(45)44-23-12-11-22-43(44)48)30-29-40(35-16-5-3-6-17-35)50(51)36-18-7-4-8-19-36/h3-33H,1-2H3. The fraction of sp³-hybridized carbons (Fsp3) is 0.0566. The first kappa shape index (κ1) is 31.6. The number of rotatable bonds is 5. The van der Waals surface area contributed by atoms with Crippen LogP contribution in [-0.4, -0.2) is 0 Å². The van der Waals surface area contributed by atoms with Gasteiger partial charge in [0, 0.05) is 43.9 Å². The van der Waals surface area contributed by atoms with Crippen molar-refractivity contribution in [3.63, 3.8) is 0 Å². The predicted octanol–water partition coefficient (Wildman–Crippen LogP) is 15.0. The lowest BCUT2D eigenvalue weighted by Crippen LogP contribution is -2.16. The van der Waals surface area contributed by atoms with Gasteiger partial charge in [-0.3, -0.25) is 0 Å². The van der Waals surface area contributed by atoms with Crippen LogP contribution in [0.1, 0.15) is 25.0 Å². The van der Waals surface area contributed by atoms with E-state index in [4.69, 9.17) is 4.42 Å². The molecule has 0 N–H and O–H groups in total. The van der Waals surface area contributed by atoms with Crippen LogP contribution in [-0.2, 0) is 5.41 Å². The lowest BCUT2D eigenvalue weighted by atomic mass is 9.82. The van der Waals surface area contributed by atoms with E-state index in [1.54, 1.807) is 0 Å². The Morgan fingerprint density at radius 1 is 0.436 bits per heavy atom. The number of hydrogen-bond acceptors (Lipinski definition) is 2. The van der Waals surface area contributed by atoms with Gasteiger partial charge in [0.2, 0.25) is 0 Å². The molecule has 2 heteroatoms. The van der Waals surface area contributed by atoms with E-state index in [0.29, 0.717) is 0 Å². The Balaban J connectivity index is 1.24. The zero-order valence-electron chi connectivity index (χ0n) is 30.8. The molecule has 0 spiro atoms. The average molecular weight is 704 g/mol. The van der Waals surface area contributed by atoms with E-state index in [1.165, 1.54) is 49.7 Å². The van der Waals surface area contributed by atoms with E-state index < -0.39 is 0 Å². The van der Waals surface area contributed by atoms with Gasteiger partial charge < -0.3 is 9.32 Å². The zero-order valence-corrected chi connectivity index (χ0v) is 30.8. The molecule has 9 aromatic carbocycles. The van der Waals surface area contributed by atoms with Gasteiger partial charge in [-0.25, -0.2) is 0 Å². The fourth-order valence-electron chi connectivity index (χ4n) is 9.19. The predicted molar refractivity (Wildman–Crippen MR) is 232 cm³/mol. The Morgan fingerprint density at radius 2 is 1.05 bits per heavy atom. The average Bonchev–Trinajstić information content (AvgIpc) is 3.73. The zero-order chi connectivity index (χ0) is 36.7. The highest BCUT2D eigenvalue weighted by atomic mass is 16.3. The van der Waals surface area contributed by atoms with Crippen LogP contribution < -0.4 is 4.90 Å². The topological polar surface area (TPSA) is 16.4 Å². The van der Waals surface area contributed by atoms with Crippen molar-refractivity contribution in [1.29, 1.82) is 0 Å². The minimum Gasteiger partial charge on any atom is -0.455 e. The molecule has 55 heavy (non-hydrogen) atoms. The molecular weight excluding hydrogens is 667 g/mol. The summed E-state index contributed by atoms with van der Waals surface area (Å²) < 4.78 is 6.93. The van der Waals surface area contributed by atoms with Crippen molar-refractivity contribution < 1.29 is 4.42 Å². The lowest BCUT2D eigenvalue weighted by molar-refractivity contribution is 0.660. The summed E-state index contributed by atoms with van der Waals surface area (Å²) in [7, 11) is 0. The van der Waals surface area contributed by atoms with Crippen molar-refractivity contribution in [3.8, 4) is 33.4 Å². The van der Waals surface area contributed by atoms with Crippen molar-refractivity contribution in [1.82, 2.24) is 0 Å². The van der Waals surface area contributed by atoms with Crippen LogP contribution in [0.4, 0.5) is 17.1 Å². The van der Waals surface area contributed by atoms with Gasteiger partial charge in [0.15, 0.2) is 0 Å². The van der Waals surface area contributed by atoms with Crippen LogP contribution in [0, 0.1) is 0 Å². The molecule has 1 aliphatic rings. The SMILES string of the molecule is CC1(C)c2ccccc2-c2ccc(N(c3ccc4ccccc4c3)c3cc4c(oc5ccc(-c6ccccc6)c(-c6ccccc6)c54)c4ccccc34)cc21. The van der Waals surface area contributed by atoms with E-state index >= 15 is 0 Å². The highest BCUT2D eigenvalue weighted by Crippen LogP contribution is 2.52. The maximum Gasteiger partial charge on any atom is 0.143 e. The fourth-order valence-corrected chi connectivity index (χ4v) is 9.19. The van der Waals surface area contributed by atoms with Gasteiger partial charge in [0.05, 0.1) is 5.69 Å². The normalized spacial score (nSPS) is 13.1. The van der Waals surface area contributed by atoms with Crippen molar-refractivity contribution in [2.24, 2.45) is 0 Å². The van der Waals surface area contributed by atoms with Crippen molar-refractivity contribution in [2.75, 3.05) is 4.90 Å². The molecule has 1 heterocycles. The lowest BCUT2D eigenvalue weighted by Gasteiger charge is -2.29. The largest absolute Gasteiger partial charge is 0.455 e. The molecule has 10 aromatic rings. The van der Waals surface area contributed by atoms with E-state index in [-0.39, 0.29) is 5.41 Å². The van der Waals surface area contributed by atoms with Crippen molar-refractivity contribution in [3.05, 3.63) is 199 Å². The second-order valence-electron chi connectivity index (χ2n) is 15.3. The Hall–Kier alpha value is -6.90. The quantitative estimate of drug-likeness (QED) is 0.177. The van der Waals surface area contributed by atoms with Crippen LogP contribution in [0.25, 0.3) is 76.9 Å². The summed E-state index contributed by atoms with van der Waals surface area (Å²) in [6, 6.07) is 68.4. The van der Waals surface area contributed by atoms with Gasteiger partial charge in [-0.1, -0.05) is 166 Å². The molecule has 0 saturated carbocycles. The summed E-state index contributed by atoms with van der Waals surface area (Å²) >= 11 is 0. The third-order valence-electron chi connectivity index (χ3n) is 11.8. The molecule has 0 unspecified atom stereocenters. The van der Waals surface area contributed by atoms with Crippen LogP contribution in [0.5, 0.6) is 0 Å². The van der Waals surface area contributed by atoms with E-state index in [9.17, 15) is 0 Å². The molecule has 0 atom stereocenters. The maximum absolute atomic E-state index is 6.93. The van der Waals surface area contributed by atoms with Gasteiger partial charge >= 0.3 is 0 Å². The third kappa shape index (κ3) is 4.81. The molecule has 1 aliphatic carbocycles. The van der Waals surface area contributed by atoms with E-state index in [2.05, 4.69) is 207 Å². The van der Waals surface area contributed by atoms with E-state index in [1.807, 2.05) is 0 Å². The van der Waals surface area contributed by atoms with Crippen LogP contribution in [0.15, 0.2) is 192 Å². The molecule has 11 rings (SSSR count). The summed E-state index contributed by atoms with van der Waals surface area (Å²) in [5.74, 6) is 0. The Morgan fingerprint density at radius 3 is 1.87 bits per heavy atom. The third-order valence-corrected chi connectivity index (χ3v) is 11.8. The summed E-state index contributed by atoms with van der Waals surface area (Å²) in [5, 5.41) is 6.87. The highest BCUT2D eigenvalue weighted by molar-refractivity contribution is 6.24. The highest BCUT2D eigenvalue weighted by Gasteiger charge is 2.36. The summed E-state index contributed by atoms with van der Waals surface area (Å²) in [4.78, 5) is 2.47. The molecular formula is C53H37NO. The maximum atomic E-state index is 6.93. The smallest absolute Gasteiger partial charge is 0.143 e. The molecule has 0 radical (unpaired) electrons. The molecule has 0 saturated heterocycles. The molecule has 0 amide bonds. The number of fused-ring (bicyclic) bond motifs is 9. The minimum absolute atomic E-state index is 0.137. The van der Waals surface area contributed by atoms with Crippen molar-refractivity contribution in [2.45, 2.75) is 19.3 Å². The first-order chi connectivity index (χ1) is 27.0. The molecule has 1 aromatic heterocycles. The first-order valence-electron chi connectivity index (χ1n) is 19.1. The molecule has 0 fully saturated rings. The van der Waals surface area contributed by atoms with Gasteiger partial charge in [0.1, 0.15) is 11.2 Å². The number of hydrogen-bond donors (Lipinski definition) is 0. The second-order valence-corrected chi connectivity index (χ2v) is 15.3. The number of nitrogens with zero attached hydrogens (tertiary/aromatic N) is 1. The Kier molecular flexibility index (Phi) is 6.93. The number of benzene rings is 9. The number of anilines is 3. The van der Waals surface area contributed by atoms with Gasteiger partial charge in [-0.15, -0.1) is 0 Å². The Bertz CT molecular complexity index is 3120. The Labute approximate surface area is 320 Å². The molecule has 260 valence electrons. The first-order valence-corrected chi connectivity index (χ1v) is 19.1. The minimum atomic E-state index is -0.137. The van der Waals surface area contributed by atoms with Gasteiger partial charge in [-0.2, -0.15) is 0 Å². The molecule has 0 bridgehead atoms. The van der Waals surface area contributed by atoms with Crippen LogP contribution >= 0.6 is 0 Å². The monoisotopic (exact) mass is 703 g/mol. The molecule has 0 aliphatic heterocycles. The second kappa shape index (κ2) is 12.1. The van der Waals surface area contributed by atoms with Crippen molar-refractivity contribution >= 4 is 60.5 Å².